The van der Waals surface area contributed by atoms with Gasteiger partial charge in [-0.15, -0.1) is 23.1 Å². The molecule has 0 radical (unpaired) electrons. The number of hydrogen-bond acceptors (Lipinski definition) is 6. The van der Waals surface area contributed by atoms with Gasteiger partial charge in [-0.25, -0.2) is 0 Å². The van der Waals surface area contributed by atoms with E-state index in [9.17, 15) is 4.79 Å². The quantitative estimate of drug-likeness (QED) is 0.821. The number of nitrogens with one attached hydrogen (secondary N) is 1. The lowest BCUT2D eigenvalue weighted by Gasteiger charge is -2.33. The Hall–Kier alpha value is -0.920. The second-order valence-corrected chi connectivity index (χ2v) is 6.37. The molecule has 5 nitrogen and oxygen atoms in total. The molecule has 1 aliphatic heterocycles. The predicted molar refractivity (Wildman–Crippen MR) is 83.6 cm³/mol. The van der Waals surface area contributed by atoms with Crippen LogP contribution in [0.4, 0.5) is 10.7 Å². The number of carbonyl (C=O) groups excluding carboxylic acids is 1. The van der Waals surface area contributed by atoms with Gasteiger partial charge in [0.05, 0.1) is 10.6 Å². The first-order chi connectivity index (χ1) is 9.08. The van der Waals surface area contributed by atoms with Crippen molar-refractivity contribution in [3.8, 4) is 0 Å². The number of nitrogens with two attached hydrogens (primary N) is 1. The van der Waals surface area contributed by atoms with E-state index >= 15 is 0 Å². The van der Waals surface area contributed by atoms with Crippen LogP contribution < -0.4 is 16.0 Å². The molecular weight excluding hydrogens is 280 g/mol. The number of likely N-dealkylation sites (N-methyl/N-ethyl adjacent to an activating group) is 1. The minimum Gasteiger partial charge on any atom is -0.396 e. The lowest BCUT2D eigenvalue weighted by atomic mass is 10.3. The highest BCUT2D eigenvalue weighted by molar-refractivity contribution is 7.99. The van der Waals surface area contributed by atoms with Crippen molar-refractivity contribution in [2.75, 3.05) is 57.2 Å². The zero-order valence-electron chi connectivity index (χ0n) is 11.5. The first-order valence-corrected chi connectivity index (χ1v) is 8.24. The molecule has 1 fully saturated rings. The molecule has 3 N–H and O–H groups in total. The first kappa shape index (κ1) is 14.5. The minimum atomic E-state index is -0.0989. The lowest BCUT2D eigenvalue weighted by molar-refractivity contribution is 0.0968. The Labute approximate surface area is 122 Å². The van der Waals surface area contributed by atoms with Gasteiger partial charge in [0.25, 0.3) is 5.91 Å². The number of thiophene rings is 1. The lowest BCUT2D eigenvalue weighted by Crippen LogP contribution is -2.44. The average Bonchev–Trinajstić information content (AvgIpc) is 2.75. The Morgan fingerprint density at radius 1 is 1.37 bits per heavy atom. The Balaban J connectivity index is 2.32. The van der Waals surface area contributed by atoms with E-state index in [2.05, 4.69) is 22.2 Å². The van der Waals surface area contributed by atoms with E-state index < -0.39 is 0 Å². The highest BCUT2D eigenvalue weighted by Gasteiger charge is 2.25. The Kier molecular flexibility index (Phi) is 4.59. The third kappa shape index (κ3) is 2.82. The molecule has 1 saturated heterocycles. The number of rotatable bonds is 3. The molecule has 1 aromatic heterocycles. The van der Waals surface area contributed by atoms with E-state index in [0.29, 0.717) is 10.6 Å². The number of anilines is 2. The van der Waals surface area contributed by atoms with Crippen molar-refractivity contribution in [2.24, 2.45) is 0 Å². The summed E-state index contributed by atoms with van der Waals surface area (Å²) in [5.41, 5.74) is 6.73. The number of nitrogens with zero attached hydrogens (tertiary/aromatic N) is 2. The van der Waals surface area contributed by atoms with E-state index in [1.54, 1.807) is 18.8 Å². The van der Waals surface area contributed by atoms with Gasteiger partial charge in [-0.1, -0.05) is 0 Å². The fourth-order valence-electron chi connectivity index (χ4n) is 2.11. The van der Waals surface area contributed by atoms with Gasteiger partial charge in [0.2, 0.25) is 0 Å². The second kappa shape index (κ2) is 6.02. The Morgan fingerprint density at radius 3 is 2.53 bits per heavy atom. The van der Waals surface area contributed by atoms with Crippen LogP contribution >= 0.6 is 23.1 Å². The van der Waals surface area contributed by atoms with Crippen molar-refractivity contribution < 1.29 is 4.79 Å². The van der Waals surface area contributed by atoms with Crippen molar-refractivity contribution in [2.45, 2.75) is 4.90 Å². The molecule has 0 aliphatic carbocycles. The van der Waals surface area contributed by atoms with E-state index in [1.165, 1.54) is 11.3 Å². The van der Waals surface area contributed by atoms with Gasteiger partial charge in [0.1, 0.15) is 9.88 Å². The Morgan fingerprint density at radius 2 is 2.00 bits per heavy atom. The molecular formula is C12H20N4OS2. The molecule has 2 rings (SSSR count). The van der Waals surface area contributed by atoms with Crippen molar-refractivity contribution >= 4 is 39.7 Å². The fourth-order valence-corrected chi connectivity index (χ4v) is 4.29. The molecule has 106 valence electrons. The van der Waals surface area contributed by atoms with Gasteiger partial charge in [0.15, 0.2) is 0 Å². The monoisotopic (exact) mass is 300 g/mol. The van der Waals surface area contributed by atoms with Crippen molar-refractivity contribution in [1.82, 2.24) is 10.2 Å². The predicted octanol–water partition coefficient (Wildman–Crippen LogP) is 1.16. The first-order valence-electron chi connectivity index (χ1n) is 6.20. The summed E-state index contributed by atoms with van der Waals surface area (Å²) in [5, 5.41) is 3.79. The molecule has 0 bridgehead atoms. The van der Waals surface area contributed by atoms with Gasteiger partial charge in [-0.05, 0) is 13.3 Å². The number of hydrogen-bond donors (Lipinski definition) is 2. The van der Waals surface area contributed by atoms with Gasteiger partial charge in [-0.2, -0.15) is 0 Å². The van der Waals surface area contributed by atoms with E-state index in [4.69, 9.17) is 5.73 Å². The smallest absolute Gasteiger partial charge is 0.263 e. The molecule has 0 unspecified atom stereocenters. The van der Waals surface area contributed by atoms with Crippen LogP contribution in [0.1, 0.15) is 9.67 Å². The number of amides is 1. The van der Waals surface area contributed by atoms with Crippen molar-refractivity contribution in [3.63, 3.8) is 0 Å². The van der Waals surface area contributed by atoms with Crippen molar-refractivity contribution in [3.05, 3.63) is 4.88 Å². The second-order valence-electron chi connectivity index (χ2n) is 4.55. The van der Waals surface area contributed by atoms with Gasteiger partial charge >= 0.3 is 0 Å². The molecule has 0 spiro atoms. The molecule has 0 atom stereocenters. The van der Waals surface area contributed by atoms with Crippen LogP contribution in [-0.4, -0.2) is 57.3 Å². The third-order valence-corrected chi connectivity index (χ3v) is 5.53. The molecule has 0 aromatic carbocycles. The maximum atomic E-state index is 11.8. The zero-order chi connectivity index (χ0) is 14.0. The summed E-state index contributed by atoms with van der Waals surface area (Å²) < 4.78 is 0. The molecule has 2 heterocycles. The van der Waals surface area contributed by atoms with Crippen LogP contribution in [0.25, 0.3) is 0 Å². The maximum absolute atomic E-state index is 11.8. The molecule has 0 saturated carbocycles. The maximum Gasteiger partial charge on any atom is 0.263 e. The minimum absolute atomic E-state index is 0.0989. The molecule has 1 amide bonds. The Bertz CT molecular complexity index is 467. The van der Waals surface area contributed by atoms with Crippen LogP contribution in [0.5, 0.6) is 0 Å². The molecule has 19 heavy (non-hydrogen) atoms. The SMILES string of the molecule is CNC(=O)c1sc(N2CCN(C)CC2)c(SC)c1N. The third-order valence-electron chi connectivity index (χ3n) is 3.31. The summed E-state index contributed by atoms with van der Waals surface area (Å²) in [5.74, 6) is -0.0989. The zero-order valence-corrected chi connectivity index (χ0v) is 13.2. The van der Waals surface area contributed by atoms with Crippen molar-refractivity contribution in [1.29, 1.82) is 0 Å². The van der Waals surface area contributed by atoms with Gasteiger partial charge in [-0.3, -0.25) is 4.79 Å². The summed E-state index contributed by atoms with van der Waals surface area (Å²) in [6.45, 7) is 4.05. The largest absolute Gasteiger partial charge is 0.396 e. The summed E-state index contributed by atoms with van der Waals surface area (Å²) >= 11 is 3.12. The van der Waals surface area contributed by atoms with Gasteiger partial charge < -0.3 is 20.9 Å². The van der Waals surface area contributed by atoms with Gasteiger partial charge in [0, 0.05) is 33.2 Å². The van der Waals surface area contributed by atoms with Crippen LogP contribution in [0, 0.1) is 0 Å². The normalized spacial score (nSPS) is 16.7. The number of carbonyl (C=O) groups is 1. The average molecular weight is 300 g/mol. The van der Waals surface area contributed by atoms with Crippen LogP contribution in [0.3, 0.4) is 0 Å². The van der Waals surface area contributed by atoms with Crippen LogP contribution in [0.2, 0.25) is 0 Å². The number of thioether (sulfide) groups is 1. The topological polar surface area (TPSA) is 61.6 Å². The summed E-state index contributed by atoms with van der Waals surface area (Å²) in [7, 11) is 3.77. The van der Waals surface area contributed by atoms with Crippen LogP contribution in [0.15, 0.2) is 4.90 Å². The summed E-state index contributed by atoms with van der Waals surface area (Å²) in [6, 6.07) is 0. The summed E-state index contributed by atoms with van der Waals surface area (Å²) in [6.07, 6.45) is 2.01. The number of nitrogen functional groups attached to an aromatic ring is 1. The standard InChI is InChI=1S/C12H20N4OS2/c1-14-11(17)9-8(13)10(18-3)12(19-9)16-6-4-15(2)5-7-16/h4-7,13H2,1-3H3,(H,14,17). The van der Waals surface area contributed by atoms with E-state index in [1.807, 2.05) is 6.26 Å². The van der Waals surface area contributed by atoms with E-state index in [-0.39, 0.29) is 5.91 Å². The number of piperazine rings is 1. The molecule has 1 aliphatic rings. The van der Waals surface area contributed by atoms with Crippen LogP contribution in [-0.2, 0) is 0 Å². The molecule has 7 heteroatoms. The van der Waals surface area contributed by atoms with E-state index in [0.717, 1.165) is 36.1 Å². The summed E-state index contributed by atoms with van der Waals surface area (Å²) in [4.78, 5) is 18.1. The fraction of sp³-hybridized carbons (Fsp3) is 0.583. The molecule has 1 aromatic rings. The highest BCUT2D eigenvalue weighted by atomic mass is 32.2. The highest BCUT2D eigenvalue weighted by Crippen LogP contribution is 2.43.